The summed E-state index contributed by atoms with van der Waals surface area (Å²) in [6, 6.07) is 6.04. The standard InChI is InChI=1S/C15H22F3N3/c1-12(11-19-2)20-6-8-21(9-7-20)14-5-3-4-13(10-14)15(16,17)18/h3-5,10,12,19H,6-9,11H2,1-2H3. The average molecular weight is 301 g/mol. The van der Waals surface area contributed by atoms with Crippen LogP contribution in [0, 0.1) is 0 Å². The second-order valence-electron chi connectivity index (χ2n) is 5.48. The predicted octanol–water partition coefficient (Wildman–Crippen LogP) is 2.44. The van der Waals surface area contributed by atoms with Gasteiger partial charge in [-0.1, -0.05) is 6.07 Å². The second-order valence-corrected chi connectivity index (χ2v) is 5.48. The number of likely N-dealkylation sites (N-methyl/N-ethyl adjacent to an activating group) is 1. The van der Waals surface area contributed by atoms with Crippen molar-refractivity contribution >= 4 is 5.69 Å². The molecule has 2 rings (SSSR count). The Labute approximate surface area is 123 Å². The van der Waals surface area contributed by atoms with E-state index in [0.29, 0.717) is 11.7 Å². The highest BCUT2D eigenvalue weighted by molar-refractivity contribution is 5.49. The summed E-state index contributed by atoms with van der Waals surface area (Å²) in [5.41, 5.74) is 0.0803. The van der Waals surface area contributed by atoms with Crippen molar-refractivity contribution in [2.24, 2.45) is 0 Å². The van der Waals surface area contributed by atoms with E-state index in [9.17, 15) is 13.2 Å². The first-order valence-electron chi connectivity index (χ1n) is 7.22. The third kappa shape index (κ3) is 4.11. The lowest BCUT2D eigenvalue weighted by Gasteiger charge is -2.39. The molecule has 0 amide bonds. The number of nitrogens with one attached hydrogen (secondary N) is 1. The largest absolute Gasteiger partial charge is 0.416 e. The summed E-state index contributed by atoms with van der Waals surface area (Å²) in [5, 5.41) is 3.15. The van der Waals surface area contributed by atoms with E-state index in [0.717, 1.165) is 38.8 Å². The Morgan fingerprint density at radius 1 is 1.19 bits per heavy atom. The van der Waals surface area contributed by atoms with Gasteiger partial charge in [-0.05, 0) is 32.2 Å². The fourth-order valence-electron chi connectivity index (χ4n) is 2.72. The van der Waals surface area contributed by atoms with Gasteiger partial charge in [0.1, 0.15) is 0 Å². The highest BCUT2D eigenvalue weighted by atomic mass is 19.4. The van der Waals surface area contributed by atoms with Gasteiger partial charge in [-0.2, -0.15) is 13.2 Å². The smallest absolute Gasteiger partial charge is 0.369 e. The van der Waals surface area contributed by atoms with Gasteiger partial charge in [0.05, 0.1) is 5.56 Å². The van der Waals surface area contributed by atoms with Crippen molar-refractivity contribution in [3.8, 4) is 0 Å². The molecule has 1 aliphatic heterocycles. The first-order valence-corrected chi connectivity index (χ1v) is 7.22. The first-order chi connectivity index (χ1) is 9.91. The van der Waals surface area contributed by atoms with Crippen molar-refractivity contribution in [2.45, 2.75) is 19.1 Å². The fraction of sp³-hybridized carbons (Fsp3) is 0.600. The summed E-state index contributed by atoms with van der Waals surface area (Å²) < 4.78 is 38.3. The zero-order valence-corrected chi connectivity index (χ0v) is 12.5. The quantitative estimate of drug-likeness (QED) is 0.921. The Kier molecular flexibility index (Phi) is 5.11. The van der Waals surface area contributed by atoms with Crippen molar-refractivity contribution in [3.63, 3.8) is 0 Å². The first kappa shape index (κ1) is 16.1. The van der Waals surface area contributed by atoms with Gasteiger partial charge in [0.25, 0.3) is 0 Å². The molecule has 1 aliphatic rings. The summed E-state index contributed by atoms with van der Waals surface area (Å²) in [7, 11) is 1.93. The van der Waals surface area contributed by atoms with Gasteiger partial charge in [-0.25, -0.2) is 0 Å². The number of hydrogen-bond acceptors (Lipinski definition) is 3. The molecule has 0 saturated carbocycles. The zero-order chi connectivity index (χ0) is 15.5. The minimum absolute atomic E-state index is 0.443. The number of nitrogens with zero attached hydrogens (tertiary/aromatic N) is 2. The summed E-state index contributed by atoms with van der Waals surface area (Å²) in [4.78, 5) is 4.39. The molecule has 1 aromatic carbocycles. The summed E-state index contributed by atoms with van der Waals surface area (Å²) in [5.74, 6) is 0. The molecule has 6 heteroatoms. The molecule has 1 aromatic rings. The summed E-state index contributed by atoms with van der Waals surface area (Å²) in [6.07, 6.45) is -4.28. The molecule has 0 spiro atoms. The Morgan fingerprint density at radius 3 is 2.43 bits per heavy atom. The maximum atomic E-state index is 12.8. The van der Waals surface area contributed by atoms with Crippen LogP contribution in [0.4, 0.5) is 18.9 Å². The van der Waals surface area contributed by atoms with Gasteiger partial charge in [0, 0.05) is 44.5 Å². The molecule has 1 atom stereocenters. The summed E-state index contributed by atoms with van der Waals surface area (Å²) in [6.45, 7) is 6.35. The fourth-order valence-corrected chi connectivity index (χ4v) is 2.72. The van der Waals surface area contributed by atoms with Crippen molar-refractivity contribution < 1.29 is 13.2 Å². The van der Waals surface area contributed by atoms with E-state index in [2.05, 4.69) is 17.1 Å². The highest BCUT2D eigenvalue weighted by Crippen LogP contribution is 2.31. The molecule has 1 saturated heterocycles. The van der Waals surface area contributed by atoms with Crippen LogP contribution in [0.2, 0.25) is 0 Å². The van der Waals surface area contributed by atoms with E-state index >= 15 is 0 Å². The van der Waals surface area contributed by atoms with Gasteiger partial charge >= 0.3 is 6.18 Å². The van der Waals surface area contributed by atoms with Crippen LogP contribution in [-0.2, 0) is 6.18 Å². The Morgan fingerprint density at radius 2 is 1.86 bits per heavy atom. The maximum Gasteiger partial charge on any atom is 0.416 e. The Balaban J connectivity index is 1.99. The van der Waals surface area contributed by atoms with Gasteiger partial charge in [0.15, 0.2) is 0 Å². The van der Waals surface area contributed by atoms with Crippen LogP contribution in [0.3, 0.4) is 0 Å². The minimum atomic E-state index is -4.28. The van der Waals surface area contributed by atoms with Crippen LogP contribution in [0.1, 0.15) is 12.5 Å². The SMILES string of the molecule is CNCC(C)N1CCN(c2cccc(C(F)(F)F)c2)CC1. The van der Waals surface area contributed by atoms with E-state index in [1.807, 2.05) is 11.9 Å². The maximum absolute atomic E-state index is 12.8. The lowest BCUT2D eigenvalue weighted by Crippen LogP contribution is -2.51. The van der Waals surface area contributed by atoms with Crippen LogP contribution in [0.5, 0.6) is 0 Å². The van der Waals surface area contributed by atoms with Crippen molar-refractivity contribution in [2.75, 3.05) is 44.7 Å². The van der Waals surface area contributed by atoms with Gasteiger partial charge in [-0.3, -0.25) is 4.90 Å². The van der Waals surface area contributed by atoms with E-state index in [1.165, 1.54) is 12.1 Å². The number of benzene rings is 1. The number of halogens is 3. The third-order valence-electron chi connectivity index (χ3n) is 3.98. The molecule has 0 bridgehead atoms. The number of hydrogen-bond donors (Lipinski definition) is 1. The van der Waals surface area contributed by atoms with E-state index < -0.39 is 11.7 Å². The minimum Gasteiger partial charge on any atom is -0.369 e. The molecule has 21 heavy (non-hydrogen) atoms. The number of anilines is 1. The molecule has 1 heterocycles. The molecule has 1 unspecified atom stereocenters. The third-order valence-corrected chi connectivity index (χ3v) is 3.98. The van der Waals surface area contributed by atoms with Crippen molar-refractivity contribution in [1.82, 2.24) is 10.2 Å². The predicted molar refractivity (Wildman–Crippen MR) is 78.6 cm³/mol. The second kappa shape index (κ2) is 6.66. The van der Waals surface area contributed by atoms with Crippen molar-refractivity contribution in [3.05, 3.63) is 29.8 Å². The van der Waals surface area contributed by atoms with Gasteiger partial charge < -0.3 is 10.2 Å². The monoisotopic (exact) mass is 301 g/mol. The van der Waals surface area contributed by atoms with Crippen LogP contribution in [-0.4, -0.2) is 50.7 Å². The van der Waals surface area contributed by atoms with Gasteiger partial charge in [0.2, 0.25) is 0 Å². The number of alkyl halides is 3. The molecular weight excluding hydrogens is 279 g/mol. The number of rotatable bonds is 4. The van der Waals surface area contributed by atoms with Crippen LogP contribution in [0.25, 0.3) is 0 Å². The topological polar surface area (TPSA) is 18.5 Å². The van der Waals surface area contributed by atoms with Gasteiger partial charge in [-0.15, -0.1) is 0 Å². The lowest BCUT2D eigenvalue weighted by atomic mass is 10.1. The molecule has 3 nitrogen and oxygen atoms in total. The Hall–Kier alpha value is -1.27. The zero-order valence-electron chi connectivity index (χ0n) is 12.5. The van der Waals surface area contributed by atoms with E-state index in [1.54, 1.807) is 6.07 Å². The van der Waals surface area contributed by atoms with E-state index in [4.69, 9.17) is 0 Å². The lowest BCUT2D eigenvalue weighted by molar-refractivity contribution is -0.137. The Bertz CT molecular complexity index is 454. The summed E-state index contributed by atoms with van der Waals surface area (Å²) >= 11 is 0. The molecule has 118 valence electrons. The molecule has 0 radical (unpaired) electrons. The molecular formula is C15H22F3N3. The number of piperazine rings is 1. The van der Waals surface area contributed by atoms with Crippen LogP contribution in [0.15, 0.2) is 24.3 Å². The van der Waals surface area contributed by atoms with Crippen LogP contribution < -0.4 is 10.2 Å². The van der Waals surface area contributed by atoms with Crippen molar-refractivity contribution in [1.29, 1.82) is 0 Å². The normalized spacial score (nSPS) is 18.8. The molecule has 1 fully saturated rings. The molecule has 0 aromatic heterocycles. The van der Waals surface area contributed by atoms with Crippen LogP contribution >= 0.6 is 0 Å². The highest BCUT2D eigenvalue weighted by Gasteiger charge is 2.31. The molecule has 1 N–H and O–H groups in total. The average Bonchev–Trinajstić information content (AvgIpc) is 2.47. The van der Waals surface area contributed by atoms with E-state index in [-0.39, 0.29) is 0 Å². The molecule has 0 aliphatic carbocycles.